The number of rotatable bonds is 14. The summed E-state index contributed by atoms with van der Waals surface area (Å²) in [5.74, 6) is -1.60. The van der Waals surface area contributed by atoms with Gasteiger partial charge < -0.3 is 40.5 Å². The van der Waals surface area contributed by atoms with Crippen LogP contribution in [0.5, 0.6) is 17.2 Å². The van der Waals surface area contributed by atoms with Gasteiger partial charge >= 0.3 is 12.1 Å². The second kappa shape index (κ2) is 14.4. The lowest BCUT2D eigenvalue weighted by Gasteiger charge is -2.21. The van der Waals surface area contributed by atoms with Gasteiger partial charge in [0, 0.05) is 36.0 Å². The second-order valence-electron chi connectivity index (χ2n) is 8.67. The molecule has 1 aliphatic rings. The van der Waals surface area contributed by atoms with E-state index in [1.165, 1.54) is 19.1 Å². The summed E-state index contributed by atoms with van der Waals surface area (Å²) in [6, 6.07) is 1.27. The average Bonchev–Trinajstić information content (AvgIpc) is 3.26. The zero-order valence-corrected chi connectivity index (χ0v) is 22.0. The van der Waals surface area contributed by atoms with Crippen LogP contribution in [-0.4, -0.2) is 74.3 Å². The third-order valence-electron chi connectivity index (χ3n) is 5.57. The van der Waals surface area contributed by atoms with Gasteiger partial charge in [-0.3, -0.25) is 9.59 Å². The Morgan fingerprint density at radius 2 is 1.89 bits per heavy atom. The lowest BCUT2D eigenvalue weighted by atomic mass is 9.99. The smallest absolute Gasteiger partial charge is 0.410 e. The molecular formula is C23H34N2O9S2. The number of phenols is 3. The molecule has 6 N–H and O–H groups in total. The fraction of sp³-hybridized carbons (Fsp3) is 0.609. The molecule has 1 saturated heterocycles. The van der Waals surface area contributed by atoms with Crippen LogP contribution in [0.3, 0.4) is 0 Å². The summed E-state index contributed by atoms with van der Waals surface area (Å²) in [6.45, 7) is 2.61. The van der Waals surface area contributed by atoms with Crippen LogP contribution in [0.25, 0.3) is 0 Å². The van der Waals surface area contributed by atoms with Crippen molar-refractivity contribution >= 4 is 39.4 Å². The predicted molar refractivity (Wildman–Crippen MR) is 136 cm³/mol. The first-order chi connectivity index (χ1) is 17.0. The Morgan fingerprint density at radius 3 is 2.56 bits per heavy atom. The number of phenolic OH excluding ortho intramolecular Hbond substituents is 3. The van der Waals surface area contributed by atoms with Crippen molar-refractivity contribution in [3.63, 3.8) is 0 Å². The van der Waals surface area contributed by atoms with Crippen molar-refractivity contribution in [1.82, 2.24) is 10.6 Å². The second-order valence-corrected chi connectivity index (χ2v) is 11.7. The number of aliphatic hydroxyl groups excluding tert-OH is 1. The third-order valence-corrected chi connectivity index (χ3v) is 8.93. The maximum absolute atomic E-state index is 12.3. The number of carbonyl (C=O) groups is 3. The quantitative estimate of drug-likeness (QED) is 0.0662. The first kappa shape index (κ1) is 29.9. The minimum absolute atomic E-state index is 0.0297. The fourth-order valence-corrected chi connectivity index (χ4v) is 6.74. The van der Waals surface area contributed by atoms with Crippen LogP contribution in [0, 0.1) is 0 Å². The number of hydrogen-bond donors (Lipinski definition) is 6. The predicted octanol–water partition coefficient (Wildman–Crippen LogP) is 2.54. The molecule has 3 atom stereocenters. The van der Waals surface area contributed by atoms with Crippen LogP contribution in [-0.2, 0) is 25.6 Å². The van der Waals surface area contributed by atoms with Gasteiger partial charge in [0.15, 0.2) is 17.3 Å². The van der Waals surface area contributed by atoms with Gasteiger partial charge in [-0.15, -0.1) is 0 Å². The normalized spacial score (nSPS) is 18.9. The van der Waals surface area contributed by atoms with Gasteiger partial charge in [0.25, 0.3) is 0 Å². The van der Waals surface area contributed by atoms with E-state index in [1.54, 1.807) is 0 Å². The number of alkyl carbamates (subject to hydrolysis) is 1. The molecule has 11 nitrogen and oxygen atoms in total. The molecule has 2 rings (SSSR count). The SMILES string of the molecule is CC(OC(=O)CCCC[C@]1(C)CCSS1)OC(=O)NC(CO)C(=O)CNCc1ccc(O)c(O)c1O. The van der Waals surface area contributed by atoms with Crippen LogP contribution in [0.4, 0.5) is 4.79 Å². The molecule has 0 bridgehead atoms. The summed E-state index contributed by atoms with van der Waals surface area (Å²) in [7, 11) is 3.77. The maximum Gasteiger partial charge on any atom is 0.410 e. The summed E-state index contributed by atoms with van der Waals surface area (Å²) in [6.07, 6.45) is 1.76. The fourth-order valence-electron chi connectivity index (χ4n) is 3.44. The van der Waals surface area contributed by atoms with Gasteiger partial charge in [-0.05, 0) is 32.3 Å². The number of unbranched alkanes of at least 4 members (excludes halogenated alkanes) is 1. The van der Waals surface area contributed by atoms with E-state index in [9.17, 15) is 34.8 Å². The number of nitrogens with one attached hydrogen (secondary N) is 2. The van der Waals surface area contributed by atoms with Crippen LogP contribution in [0.2, 0.25) is 0 Å². The number of ketones is 1. The van der Waals surface area contributed by atoms with Gasteiger partial charge in [0.1, 0.15) is 6.04 Å². The Balaban J connectivity index is 1.66. The van der Waals surface area contributed by atoms with E-state index in [0.717, 1.165) is 25.0 Å². The van der Waals surface area contributed by atoms with Gasteiger partial charge in [-0.2, -0.15) is 0 Å². The Morgan fingerprint density at radius 1 is 1.14 bits per heavy atom. The standard InChI is InChI=1S/C23H34N2O9S2/c1-14(33-19(29)5-3-4-8-23(2)9-10-35-36-23)34-22(32)25-16(13-26)18(28)12-24-11-15-6-7-17(27)21(31)20(15)30/h6-7,14,16,24,26-27,30-31H,3-5,8-13H2,1-2H3,(H,25,32)/t14?,16?,23-/m1/s1. The maximum atomic E-state index is 12.3. The first-order valence-electron chi connectivity index (χ1n) is 11.6. The van der Waals surface area contributed by atoms with E-state index in [0.29, 0.717) is 6.42 Å². The van der Waals surface area contributed by atoms with Crippen molar-refractivity contribution in [2.24, 2.45) is 0 Å². The van der Waals surface area contributed by atoms with Crippen molar-refractivity contribution in [2.75, 3.05) is 18.9 Å². The molecule has 0 spiro atoms. The van der Waals surface area contributed by atoms with E-state index < -0.39 is 54.0 Å². The number of amides is 1. The van der Waals surface area contributed by atoms with Crippen LogP contribution in [0.15, 0.2) is 12.1 Å². The molecule has 0 saturated carbocycles. The average molecular weight is 547 g/mol. The molecule has 1 aliphatic heterocycles. The molecular weight excluding hydrogens is 512 g/mol. The van der Waals surface area contributed by atoms with E-state index in [4.69, 9.17) is 9.47 Å². The molecule has 1 aromatic carbocycles. The zero-order chi connectivity index (χ0) is 26.7. The molecule has 202 valence electrons. The molecule has 0 radical (unpaired) electrons. The lowest BCUT2D eigenvalue weighted by Crippen LogP contribution is -2.47. The molecule has 1 fully saturated rings. The number of carbonyl (C=O) groups excluding carboxylic acids is 3. The third kappa shape index (κ3) is 9.60. The molecule has 13 heteroatoms. The van der Waals surface area contributed by atoms with Gasteiger partial charge in [0.2, 0.25) is 12.0 Å². The Labute approximate surface area is 217 Å². The van der Waals surface area contributed by atoms with Crippen LogP contribution < -0.4 is 10.6 Å². The Bertz CT molecular complexity index is 910. The Kier molecular flexibility index (Phi) is 12.0. The molecule has 0 aromatic heterocycles. The molecule has 1 aromatic rings. The highest BCUT2D eigenvalue weighted by Crippen LogP contribution is 2.49. The van der Waals surface area contributed by atoms with E-state index in [2.05, 4.69) is 17.6 Å². The van der Waals surface area contributed by atoms with Gasteiger partial charge in [-0.25, -0.2) is 4.79 Å². The van der Waals surface area contributed by atoms with E-state index in [1.807, 2.05) is 21.6 Å². The van der Waals surface area contributed by atoms with Crippen molar-refractivity contribution in [1.29, 1.82) is 0 Å². The summed E-state index contributed by atoms with van der Waals surface area (Å²) in [5.41, 5.74) is 0.229. The lowest BCUT2D eigenvalue weighted by molar-refractivity contribution is -0.165. The number of Topliss-reactive ketones (excluding diaryl/α,β-unsaturated/α-hetero) is 1. The summed E-state index contributed by atoms with van der Waals surface area (Å²) < 4.78 is 10.3. The van der Waals surface area contributed by atoms with Crippen molar-refractivity contribution < 1.29 is 44.3 Å². The highest BCUT2D eigenvalue weighted by atomic mass is 33.1. The summed E-state index contributed by atoms with van der Waals surface area (Å²) >= 11 is 0. The minimum atomic E-state index is -1.28. The number of ether oxygens (including phenoxy) is 2. The van der Waals surface area contributed by atoms with E-state index in [-0.39, 0.29) is 29.8 Å². The van der Waals surface area contributed by atoms with Gasteiger partial charge in [0.05, 0.1) is 13.2 Å². The number of hydrogen-bond acceptors (Lipinski definition) is 12. The van der Waals surface area contributed by atoms with Gasteiger partial charge in [-0.1, -0.05) is 34.1 Å². The summed E-state index contributed by atoms with van der Waals surface area (Å²) in [4.78, 5) is 36.4. The van der Waals surface area contributed by atoms with Crippen LogP contribution in [0.1, 0.15) is 51.5 Å². The number of benzene rings is 1. The van der Waals surface area contributed by atoms with Crippen molar-refractivity contribution in [2.45, 2.75) is 69.6 Å². The molecule has 36 heavy (non-hydrogen) atoms. The molecule has 2 unspecified atom stereocenters. The topological polar surface area (TPSA) is 175 Å². The molecule has 1 heterocycles. The molecule has 0 aliphatic carbocycles. The molecule has 1 amide bonds. The Hall–Kier alpha value is -2.35. The summed E-state index contributed by atoms with van der Waals surface area (Å²) in [5, 5.41) is 43.1. The van der Waals surface area contributed by atoms with E-state index >= 15 is 0 Å². The number of aromatic hydroxyl groups is 3. The highest BCUT2D eigenvalue weighted by molar-refractivity contribution is 8.77. The zero-order valence-electron chi connectivity index (χ0n) is 20.3. The van der Waals surface area contributed by atoms with Crippen LogP contribution >= 0.6 is 21.6 Å². The first-order valence-corrected chi connectivity index (χ1v) is 13.9. The minimum Gasteiger partial charge on any atom is -0.504 e. The van der Waals surface area contributed by atoms with Crippen molar-refractivity contribution in [3.8, 4) is 17.2 Å². The largest absolute Gasteiger partial charge is 0.504 e. The monoisotopic (exact) mass is 546 g/mol. The van der Waals surface area contributed by atoms with Crippen molar-refractivity contribution in [3.05, 3.63) is 17.7 Å². The highest BCUT2D eigenvalue weighted by Gasteiger charge is 2.29. The number of esters is 1. The number of aliphatic hydroxyl groups is 1.